The molecule has 1 atom stereocenters. The van der Waals surface area contributed by atoms with Gasteiger partial charge in [-0.15, -0.1) is 11.6 Å². The molecule has 1 fully saturated rings. The van der Waals surface area contributed by atoms with E-state index in [9.17, 15) is 18.0 Å². The predicted molar refractivity (Wildman–Crippen MR) is 131 cm³/mol. The van der Waals surface area contributed by atoms with Crippen LogP contribution in [0.2, 0.25) is 10.0 Å². The molecule has 10 heteroatoms. The standard InChI is InChI=1S/C25H18Cl3F3N2O2/c26-13-23(7-8-23)32-22(34)20-6-5-19(17-3-1-2-4-18(17)20)21-12-24(35-33-21,25(29,30)31)14-9-15(27)11-16(28)10-14/h1-6,9-11H,7-8,12-13H2,(H,32,34). The van der Waals surface area contributed by atoms with E-state index < -0.39 is 23.7 Å². The number of rotatable bonds is 5. The zero-order valence-corrected chi connectivity index (χ0v) is 20.3. The molecule has 5 rings (SSSR count). The number of carbonyl (C=O) groups is 1. The Bertz CT molecular complexity index is 1350. The minimum absolute atomic E-state index is 0.0550. The normalized spacial score (nSPS) is 20.9. The summed E-state index contributed by atoms with van der Waals surface area (Å²) in [5, 5.41) is 8.12. The summed E-state index contributed by atoms with van der Waals surface area (Å²) in [4.78, 5) is 18.1. The van der Waals surface area contributed by atoms with Crippen LogP contribution < -0.4 is 5.32 Å². The van der Waals surface area contributed by atoms with E-state index in [1.165, 1.54) is 18.2 Å². The SMILES string of the molecule is O=C(NC1(CCl)CC1)c1ccc(C2=NOC(c3cc(Cl)cc(Cl)c3)(C(F)(F)F)C2)c2ccccc12. The van der Waals surface area contributed by atoms with Crippen molar-refractivity contribution in [3.05, 3.63) is 81.3 Å². The number of amides is 1. The van der Waals surface area contributed by atoms with E-state index in [1.807, 2.05) is 0 Å². The van der Waals surface area contributed by atoms with Gasteiger partial charge in [-0.2, -0.15) is 13.2 Å². The Labute approximate surface area is 214 Å². The van der Waals surface area contributed by atoms with Crippen LogP contribution in [0.4, 0.5) is 13.2 Å². The van der Waals surface area contributed by atoms with Crippen LogP contribution in [0, 0.1) is 0 Å². The second-order valence-electron chi connectivity index (χ2n) is 8.86. The van der Waals surface area contributed by atoms with Crippen molar-refractivity contribution in [1.82, 2.24) is 5.32 Å². The molecule has 4 nitrogen and oxygen atoms in total. The third-order valence-corrected chi connectivity index (χ3v) is 7.43. The zero-order chi connectivity index (χ0) is 25.0. The topological polar surface area (TPSA) is 50.7 Å². The number of nitrogens with one attached hydrogen (secondary N) is 1. The van der Waals surface area contributed by atoms with E-state index in [0.29, 0.717) is 27.8 Å². The number of benzene rings is 3. The van der Waals surface area contributed by atoms with Gasteiger partial charge in [0.25, 0.3) is 11.5 Å². The summed E-state index contributed by atoms with van der Waals surface area (Å²) < 4.78 is 43.2. The molecule has 0 radical (unpaired) electrons. The Morgan fingerprint density at radius 3 is 2.29 bits per heavy atom. The molecule has 1 aliphatic carbocycles. The highest BCUT2D eigenvalue weighted by Gasteiger charge is 2.62. The summed E-state index contributed by atoms with van der Waals surface area (Å²) in [5.74, 6) is 0.0318. The van der Waals surface area contributed by atoms with Gasteiger partial charge in [0, 0.05) is 39.0 Å². The first-order chi connectivity index (χ1) is 16.6. The zero-order valence-electron chi connectivity index (χ0n) is 18.1. The lowest BCUT2D eigenvalue weighted by Gasteiger charge is -2.29. The van der Waals surface area contributed by atoms with Gasteiger partial charge in [0.2, 0.25) is 0 Å². The van der Waals surface area contributed by atoms with Crippen LogP contribution in [0.1, 0.15) is 40.7 Å². The number of alkyl halides is 4. The summed E-state index contributed by atoms with van der Waals surface area (Å²) in [5.41, 5.74) is -2.43. The van der Waals surface area contributed by atoms with Crippen molar-refractivity contribution in [2.75, 3.05) is 5.88 Å². The van der Waals surface area contributed by atoms with Crippen molar-refractivity contribution in [1.29, 1.82) is 0 Å². The lowest BCUT2D eigenvalue weighted by molar-refractivity contribution is -0.275. The molecule has 0 saturated heterocycles. The maximum absolute atomic E-state index is 14.4. The monoisotopic (exact) mass is 540 g/mol. The number of oxime groups is 1. The molecular formula is C25H18Cl3F3N2O2. The lowest BCUT2D eigenvalue weighted by Crippen LogP contribution is -2.42. The van der Waals surface area contributed by atoms with Crippen LogP contribution in [0.25, 0.3) is 10.8 Å². The number of nitrogens with zero attached hydrogens (tertiary/aromatic N) is 1. The maximum Gasteiger partial charge on any atom is 0.435 e. The highest BCUT2D eigenvalue weighted by atomic mass is 35.5. The second kappa shape index (κ2) is 8.57. The summed E-state index contributed by atoms with van der Waals surface area (Å²) in [7, 11) is 0. The summed E-state index contributed by atoms with van der Waals surface area (Å²) in [6.07, 6.45) is -3.78. The first-order valence-corrected chi connectivity index (χ1v) is 12.1. The Hall–Kier alpha value is -2.48. The third-order valence-electron chi connectivity index (χ3n) is 6.48. The van der Waals surface area contributed by atoms with Crippen molar-refractivity contribution in [2.24, 2.45) is 5.16 Å². The molecule has 0 bridgehead atoms. The van der Waals surface area contributed by atoms with Gasteiger partial charge in [-0.25, -0.2) is 0 Å². The average molecular weight is 542 g/mol. The number of fused-ring (bicyclic) bond motifs is 1. The molecular weight excluding hydrogens is 524 g/mol. The fourth-order valence-electron chi connectivity index (χ4n) is 4.33. The summed E-state index contributed by atoms with van der Waals surface area (Å²) in [6.45, 7) is 0. The van der Waals surface area contributed by atoms with Crippen LogP contribution in [-0.2, 0) is 10.4 Å². The minimum atomic E-state index is -4.80. The first-order valence-electron chi connectivity index (χ1n) is 10.8. The molecule has 1 N–H and O–H groups in total. The van der Waals surface area contributed by atoms with Gasteiger partial charge < -0.3 is 10.2 Å². The largest absolute Gasteiger partial charge is 0.435 e. The minimum Gasteiger partial charge on any atom is -0.374 e. The number of halogens is 6. The fourth-order valence-corrected chi connectivity index (χ4v) is 5.20. The van der Waals surface area contributed by atoms with Gasteiger partial charge in [0.05, 0.1) is 11.3 Å². The highest BCUT2D eigenvalue weighted by Crippen LogP contribution is 2.50. The number of hydrogen-bond donors (Lipinski definition) is 1. The van der Waals surface area contributed by atoms with Crippen LogP contribution in [0.15, 0.2) is 59.8 Å². The van der Waals surface area contributed by atoms with Crippen molar-refractivity contribution >= 4 is 57.2 Å². The van der Waals surface area contributed by atoms with Crippen LogP contribution in [-0.4, -0.2) is 29.2 Å². The van der Waals surface area contributed by atoms with E-state index in [4.69, 9.17) is 39.6 Å². The molecule has 1 aliphatic heterocycles. The van der Waals surface area contributed by atoms with Gasteiger partial charge in [0.1, 0.15) is 0 Å². The molecule has 3 aromatic rings. The Kier molecular flexibility index (Phi) is 5.93. The lowest BCUT2D eigenvalue weighted by atomic mass is 9.85. The number of carbonyl (C=O) groups excluding carboxylic acids is 1. The van der Waals surface area contributed by atoms with Crippen molar-refractivity contribution in [3.8, 4) is 0 Å². The van der Waals surface area contributed by atoms with E-state index >= 15 is 0 Å². The molecule has 0 aromatic heterocycles. The van der Waals surface area contributed by atoms with Gasteiger partial charge in [-0.05, 0) is 47.9 Å². The quantitative estimate of drug-likeness (QED) is 0.347. The van der Waals surface area contributed by atoms with Crippen molar-refractivity contribution in [3.63, 3.8) is 0 Å². The van der Waals surface area contributed by atoms with E-state index in [1.54, 1.807) is 36.4 Å². The van der Waals surface area contributed by atoms with Gasteiger partial charge in [-0.3, -0.25) is 4.79 Å². The smallest absolute Gasteiger partial charge is 0.374 e. The first kappa shape index (κ1) is 24.2. The van der Waals surface area contributed by atoms with E-state index in [2.05, 4.69) is 10.5 Å². The van der Waals surface area contributed by atoms with Crippen LogP contribution in [0.5, 0.6) is 0 Å². The molecule has 1 heterocycles. The van der Waals surface area contributed by atoms with Gasteiger partial charge in [0.15, 0.2) is 0 Å². The molecule has 35 heavy (non-hydrogen) atoms. The third kappa shape index (κ3) is 4.24. The molecule has 0 spiro atoms. The Balaban J connectivity index is 1.54. The average Bonchev–Trinajstić information content (AvgIpc) is 3.42. The van der Waals surface area contributed by atoms with Gasteiger partial charge in [-0.1, -0.05) is 58.7 Å². The maximum atomic E-state index is 14.4. The molecule has 2 aliphatic rings. The second-order valence-corrected chi connectivity index (χ2v) is 10.0. The van der Waals surface area contributed by atoms with Crippen molar-refractivity contribution < 1.29 is 22.8 Å². The van der Waals surface area contributed by atoms with Crippen molar-refractivity contribution in [2.45, 2.75) is 36.6 Å². The van der Waals surface area contributed by atoms with E-state index in [0.717, 1.165) is 12.8 Å². The van der Waals surface area contributed by atoms with E-state index in [-0.39, 0.29) is 27.2 Å². The Morgan fingerprint density at radius 1 is 1.03 bits per heavy atom. The van der Waals surface area contributed by atoms with Crippen LogP contribution in [0.3, 0.4) is 0 Å². The number of hydrogen-bond acceptors (Lipinski definition) is 3. The summed E-state index contributed by atoms with van der Waals surface area (Å²) in [6, 6.07) is 13.9. The van der Waals surface area contributed by atoms with Crippen LogP contribution >= 0.6 is 34.8 Å². The Morgan fingerprint density at radius 2 is 1.69 bits per heavy atom. The highest BCUT2D eigenvalue weighted by molar-refractivity contribution is 6.34. The molecule has 182 valence electrons. The molecule has 1 amide bonds. The summed E-state index contributed by atoms with van der Waals surface area (Å²) >= 11 is 18.0. The predicted octanol–water partition coefficient (Wildman–Crippen LogP) is 7.23. The molecule has 1 saturated carbocycles. The van der Waals surface area contributed by atoms with Gasteiger partial charge >= 0.3 is 6.18 Å². The molecule has 3 aromatic carbocycles. The fraction of sp³-hybridized carbons (Fsp3) is 0.280. The molecule has 1 unspecified atom stereocenters.